The second-order valence-corrected chi connectivity index (χ2v) is 4.27. The van der Waals surface area contributed by atoms with Crippen molar-refractivity contribution in [2.75, 3.05) is 11.9 Å². The number of hydrogen-bond donors (Lipinski definition) is 2. The molecule has 3 nitrogen and oxygen atoms in total. The lowest BCUT2D eigenvalue weighted by Gasteiger charge is -2.08. The minimum Gasteiger partial charge on any atom is -0.376 e. The van der Waals surface area contributed by atoms with Gasteiger partial charge in [0.15, 0.2) is 0 Å². The van der Waals surface area contributed by atoms with Crippen molar-refractivity contribution < 1.29 is 13.6 Å². The molecule has 2 N–H and O–H groups in total. The average molecular weight is 276 g/mol. The predicted octanol–water partition coefficient (Wildman–Crippen LogP) is 2.69. The van der Waals surface area contributed by atoms with E-state index in [2.05, 4.69) is 10.6 Å². The highest BCUT2D eigenvalue weighted by molar-refractivity contribution is 5.80. The molecule has 0 aromatic heterocycles. The molecule has 0 saturated heterocycles. The van der Waals surface area contributed by atoms with Gasteiger partial charge in [0.25, 0.3) is 0 Å². The molecule has 0 heterocycles. The van der Waals surface area contributed by atoms with Gasteiger partial charge in [-0.15, -0.1) is 0 Å². The van der Waals surface area contributed by atoms with Gasteiger partial charge >= 0.3 is 0 Å². The number of rotatable bonds is 5. The van der Waals surface area contributed by atoms with E-state index < -0.39 is 11.6 Å². The van der Waals surface area contributed by atoms with Crippen LogP contribution in [0.1, 0.15) is 5.56 Å². The highest BCUT2D eigenvalue weighted by Gasteiger charge is 2.03. The van der Waals surface area contributed by atoms with Crippen LogP contribution in [0, 0.1) is 11.6 Å². The molecule has 2 aromatic carbocycles. The lowest BCUT2D eigenvalue weighted by molar-refractivity contribution is -0.119. The summed E-state index contributed by atoms with van der Waals surface area (Å²) in [6, 6.07) is 12.5. The summed E-state index contributed by atoms with van der Waals surface area (Å²) in [4.78, 5) is 11.6. The van der Waals surface area contributed by atoms with Crippen molar-refractivity contribution >= 4 is 11.6 Å². The molecule has 1 amide bonds. The van der Waals surface area contributed by atoms with E-state index in [1.807, 2.05) is 30.3 Å². The van der Waals surface area contributed by atoms with Crippen molar-refractivity contribution in [1.29, 1.82) is 0 Å². The molecule has 104 valence electrons. The van der Waals surface area contributed by atoms with E-state index in [4.69, 9.17) is 0 Å². The summed E-state index contributed by atoms with van der Waals surface area (Å²) >= 11 is 0. The van der Waals surface area contributed by atoms with Crippen LogP contribution in [0.3, 0.4) is 0 Å². The first-order valence-corrected chi connectivity index (χ1v) is 6.14. The highest BCUT2D eigenvalue weighted by Crippen LogP contribution is 2.12. The standard InChI is InChI=1S/C15H14F2N2O/c16-12-6-13(17)8-14(7-12)18-10-15(20)19-9-11-4-2-1-3-5-11/h1-8,18H,9-10H2,(H,19,20). The van der Waals surface area contributed by atoms with E-state index in [1.165, 1.54) is 0 Å². The van der Waals surface area contributed by atoms with Crippen LogP contribution in [0.15, 0.2) is 48.5 Å². The van der Waals surface area contributed by atoms with Crippen LogP contribution in [0.2, 0.25) is 0 Å². The van der Waals surface area contributed by atoms with Crippen LogP contribution >= 0.6 is 0 Å². The van der Waals surface area contributed by atoms with Gasteiger partial charge in [-0.1, -0.05) is 30.3 Å². The van der Waals surface area contributed by atoms with E-state index in [1.54, 1.807) is 0 Å². The Labute approximate surface area is 115 Å². The molecule has 2 rings (SSSR count). The normalized spacial score (nSPS) is 10.1. The monoisotopic (exact) mass is 276 g/mol. The Balaban J connectivity index is 1.80. The van der Waals surface area contributed by atoms with E-state index in [0.29, 0.717) is 6.54 Å². The molecule has 0 radical (unpaired) electrons. The number of carbonyl (C=O) groups excluding carboxylic acids is 1. The molecule has 0 atom stereocenters. The van der Waals surface area contributed by atoms with Gasteiger partial charge in [-0.2, -0.15) is 0 Å². The first kappa shape index (κ1) is 14.0. The van der Waals surface area contributed by atoms with Gasteiger partial charge in [0.1, 0.15) is 11.6 Å². The van der Waals surface area contributed by atoms with Gasteiger partial charge in [-0.05, 0) is 17.7 Å². The highest BCUT2D eigenvalue weighted by atomic mass is 19.1. The third-order valence-corrected chi connectivity index (χ3v) is 2.65. The molecule has 20 heavy (non-hydrogen) atoms. The molecular weight excluding hydrogens is 262 g/mol. The Bertz CT molecular complexity index is 567. The summed E-state index contributed by atoms with van der Waals surface area (Å²) in [5.74, 6) is -1.62. The molecule has 0 aliphatic rings. The molecule has 0 unspecified atom stereocenters. The molecule has 0 saturated carbocycles. The quantitative estimate of drug-likeness (QED) is 0.881. The van der Waals surface area contributed by atoms with Crippen LogP contribution in [0.25, 0.3) is 0 Å². The number of carbonyl (C=O) groups is 1. The maximum absolute atomic E-state index is 12.9. The molecule has 0 aliphatic carbocycles. The third-order valence-electron chi connectivity index (χ3n) is 2.65. The van der Waals surface area contributed by atoms with E-state index in [9.17, 15) is 13.6 Å². The van der Waals surface area contributed by atoms with E-state index in [0.717, 1.165) is 23.8 Å². The smallest absolute Gasteiger partial charge is 0.239 e. The second-order valence-electron chi connectivity index (χ2n) is 4.27. The summed E-state index contributed by atoms with van der Waals surface area (Å²) in [6.07, 6.45) is 0. The number of benzene rings is 2. The Kier molecular flexibility index (Phi) is 4.65. The van der Waals surface area contributed by atoms with Crippen molar-refractivity contribution in [2.45, 2.75) is 6.54 Å². The number of halogens is 2. The zero-order valence-corrected chi connectivity index (χ0v) is 10.7. The number of nitrogens with one attached hydrogen (secondary N) is 2. The maximum Gasteiger partial charge on any atom is 0.239 e. The topological polar surface area (TPSA) is 41.1 Å². The van der Waals surface area contributed by atoms with Crippen molar-refractivity contribution in [1.82, 2.24) is 5.32 Å². The van der Waals surface area contributed by atoms with Gasteiger partial charge in [0.2, 0.25) is 5.91 Å². The van der Waals surface area contributed by atoms with Crippen LogP contribution in [0.4, 0.5) is 14.5 Å². The number of anilines is 1. The van der Waals surface area contributed by atoms with Crippen molar-refractivity contribution in [3.8, 4) is 0 Å². The zero-order valence-electron chi connectivity index (χ0n) is 10.7. The fourth-order valence-corrected chi connectivity index (χ4v) is 1.70. The molecule has 0 aliphatic heterocycles. The van der Waals surface area contributed by atoms with Gasteiger partial charge in [0, 0.05) is 18.3 Å². The largest absolute Gasteiger partial charge is 0.376 e. The maximum atomic E-state index is 12.9. The van der Waals surface area contributed by atoms with Crippen molar-refractivity contribution in [3.63, 3.8) is 0 Å². The summed E-state index contributed by atoms with van der Waals surface area (Å²) in [5.41, 5.74) is 1.22. The van der Waals surface area contributed by atoms with Crippen LogP contribution in [0.5, 0.6) is 0 Å². The molecule has 0 bridgehead atoms. The lowest BCUT2D eigenvalue weighted by Crippen LogP contribution is -2.29. The fourth-order valence-electron chi connectivity index (χ4n) is 1.70. The SMILES string of the molecule is O=C(CNc1cc(F)cc(F)c1)NCc1ccccc1. The number of amides is 1. The van der Waals surface area contributed by atoms with Gasteiger partial charge < -0.3 is 10.6 Å². The summed E-state index contributed by atoms with van der Waals surface area (Å²) < 4.78 is 25.9. The minimum atomic E-state index is -0.683. The average Bonchev–Trinajstić information content (AvgIpc) is 2.43. The fraction of sp³-hybridized carbons (Fsp3) is 0.133. The van der Waals surface area contributed by atoms with Gasteiger partial charge in [0.05, 0.1) is 6.54 Å². The molecule has 0 fully saturated rings. The summed E-state index contributed by atoms with van der Waals surface area (Å²) in [6.45, 7) is 0.370. The molecule has 0 spiro atoms. The van der Waals surface area contributed by atoms with Crippen LogP contribution < -0.4 is 10.6 Å². The Morgan fingerprint density at radius 3 is 2.30 bits per heavy atom. The molecule has 5 heteroatoms. The number of hydrogen-bond acceptors (Lipinski definition) is 2. The summed E-state index contributed by atoms with van der Waals surface area (Å²) in [5, 5.41) is 5.38. The lowest BCUT2D eigenvalue weighted by atomic mass is 10.2. The molecule has 2 aromatic rings. The first-order valence-electron chi connectivity index (χ1n) is 6.14. The Hall–Kier alpha value is -2.43. The minimum absolute atomic E-state index is 0.0459. The third kappa shape index (κ3) is 4.35. The van der Waals surface area contributed by atoms with Crippen LogP contribution in [-0.4, -0.2) is 12.5 Å². The Morgan fingerprint density at radius 2 is 1.65 bits per heavy atom. The van der Waals surface area contributed by atoms with Gasteiger partial charge in [-0.25, -0.2) is 8.78 Å². The van der Waals surface area contributed by atoms with Gasteiger partial charge in [-0.3, -0.25) is 4.79 Å². The first-order chi connectivity index (χ1) is 9.63. The predicted molar refractivity (Wildman–Crippen MR) is 73.1 cm³/mol. The second kappa shape index (κ2) is 6.65. The van der Waals surface area contributed by atoms with E-state index >= 15 is 0 Å². The van der Waals surface area contributed by atoms with Crippen molar-refractivity contribution in [2.24, 2.45) is 0 Å². The van der Waals surface area contributed by atoms with Crippen molar-refractivity contribution in [3.05, 3.63) is 65.7 Å². The summed E-state index contributed by atoms with van der Waals surface area (Å²) in [7, 11) is 0. The van der Waals surface area contributed by atoms with Crippen LogP contribution in [-0.2, 0) is 11.3 Å². The zero-order chi connectivity index (χ0) is 14.4. The molecular formula is C15H14F2N2O. The van der Waals surface area contributed by atoms with E-state index in [-0.39, 0.29) is 18.1 Å². The Morgan fingerprint density at radius 1 is 1.00 bits per heavy atom.